The number of rotatable bonds is 13. The third-order valence-corrected chi connectivity index (χ3v) is 8.34. The quantitative estimate of drug-likeness (QED) is 0.249. The molecular weight excluding hydrogens is 656 g/mol. The van der Waals surface area contributed by atoms with Crippen LogP contribution in [0.3, 0.4) is 0 Å². The van der Waals surface area contributed by atoms with Crippen molar-refractivity contribution in [2.45, 2.75) is 78.1 Å². The highest BCUT2D eigenvalue weighted by atomic mass is 16.6. The number of nitrogens with one attached hydrogen (secondary N) is 2. The summed E-state index contributed by atoms with van der Waals surface area (Å²) in [6.07, 6.45) is 0.607. The Morgan fingerprint density at radius 2 is 1.67 bits per heavy atom. The predicted octanol–water partition coefficient (Wildman–Crippen LogP) is 4.08. The number of nitrogens with zero attached hydrogens (tertiary/aromatic N) is 2. The molecule has 0 fully saturated rings. The van der Waals surface area contributed by atoms with Crippen molar-refractivity contribution in [1.82, 2.24) is 10.6 Å². The Balaban J connectivity index is 1.74. The van der Waals surface area contributed by atoms with Crippen LogP contribution in [0.1, 0.15) is 69.8 Å². The number of benzene rings is 3. The van der Waals surface area contributed by atoms with E-state index in [-0.39, 0.29) is 44.2 Å². The van der Waals surface area contributed by atoms with Gasteiger partial charge in [-0.25, -0.2) is 4.79 Å². The van der Waals surface area contributed by atoms with E-state index < -0.39 is 41.4 Å². The molecule has 2 unspecified atom stereocenters. The van der Waals surface area contributed by atoms with Crippen molar-refractivity contribution in [2.75, 3.05) is 37.1 Å². The normalized spacial score (nSPS) is 15.0. The van der Waals surface area contributed by atoms with Crippen LogP contribution < -0.4 is 25.2 Å². The molecule has 0 aliphatic carbocycles. The molecule has 0 aromatic heterocycles. The molecule has 3 aromatic rings. The van der Waals surface area contributed by atoms with Crippen LogP contribution in [0.15, 0.2) is 54.6 Å². The van der Waals surface area contributed by atoms with Gasteiger partial charge in [0.2, 0.25) is 11.8 Å². The van der Waals surface area contributed by atoms with E-state index in [2.05, 4.69) is 10.6 Å². The molecule has 0 bridgehead atoms. The third kappa shape index (κ3) is 9.69. The lowest BCUT2D eigenvalue weighted by molar-refractivity contribution is -0.153. The van der Waals surface area contributed by atoms with Gasteiger partial charge in [0.1, 0.15) is 23.2 Å². The molecule has 0 saturated carbocycles. The Labute approximate surface area is 297 Å². The summed E-state index contributed by atoms with van der Waals surface area (Å²) in [5, 5.41) is 7.08. The van der Waals surface area contributed by atoms with Crippen molar-refractivity contribution in [3.63, 3.8) is 0 Å². The zero-order valence-electron chi connectivity index (χ0n) is 30.2. The van der Waals surface area contributed by atoms with E-state index in [0.29, 0.717) is 45.4 Å². The molecule has 2 N–H and O–H groups in total. The highest BCUT2D eigenvalue weighted by molar-refractivity contribution is 6.08. The molecule has 272 valence electrons. The summed E-state index contributed by atoms with van der Waals surface area (Å²) in [6.45, 7) is 7.81. The van der Waals surface area contributed by atoms with Crippen LogP contribution in [0.25, 0.3) is 10.8 Å². The number of fused-ring (bicyclic) bond motifs is 2. The van der Waals surface area contributed by atoms with Crippen LogP contribution in [0, 0.1) is 0 Å². The molecule has 1 heterocycles. The van der Waals surface area contributed by atoms with Crippen LogP contribution in [0.4, 0.5) is 11.4 Å². The fourth-order valence-electron chi connectivity index (χ4n) is 5.85. The van der Waals surface area contributed by atoms with Gasteiger partial charge in [0.15, 0.2) is 0 Å². The second-order valence-corrected chi connectivity index (χ2v) is 13.4. The number of hydrogen-bond acceptors (Lipinski definition) is 10. The largest absolute Gasteiger partial charge is 0.496 e. The van der Waals surface area contributed by atoms with Gasteiger partial charge in [-0.15, -0.1) is 0 Å². The summed E-state index contributed by atoms with van der Waals surface area (Å²) in [7, 11) is 2.82. The smallest absolute Gasteiger partial charge is 0.337 e. The molecule has 51 heavy (non-hydrogen) atoms. The molecule has 1 aliphatic rings. The van der Waals surface area contributed by atoms with Crippen molar-refractivity contribution >= 4 is 57.6 Å². The summed E-state index contributed by atoms with van der Waals surface area (Å²) in [5.41, 5.74) is 1.17. The highest BCUT2D eigenvalue weighted by Crippen LogP contribution is 2.37. The standard InChI is InChI=1S/C38H46N4O9/c1-23(43)11-10-14-33(44)41-22-29(40-35(46)24(2)39-20-34(45)51-38(3,4)5)36(47)42(31-13-9-8-12-30(31)41)21-28-27-17-15-26(37(48)50-7)19-25(27)16-18-32(28)49-6/h8-9,12-13,15-19,24,29,39H,10-11,14,20-22H2,1-7H3,(H,40,46). The van der Waals surface area contributed by atoms with Gasteiger partial charge in [-0.3, -0.25) is 24.5 Å². The first-order valence-electron chi connectivity index (χ1n) is 16.8. The average Bonchev–Trinajstić information content (AvgIpc) is 3.19. The van der Waals surface area contributed by atoms with Gasteiger partial charge in [0.05, 0.1) is 56.8 Å². The Morgan fingerprint density at radius 1 is 0.961 bits per heavy atom. The molecule has 3 aromatic carbocycles. The maximum Gasteiger partial charge on any atom is 0.337 e. The van der Waals surface area contributed by atoms with E-state index in [9.17, 15) is 28.8 Å². The molecule has 1 aliphatic heterocycles. The maximum atomic E-state index is 14.6. The van der Waals surface area contributed by atoms with Gasteiger partial charge in [-0.05, 0) is 82.1 Å². The van der Waals surface area contributed by atoms with Crippen molar-refractivity contribution < 1.29 is 43.0 Å². The first-order valence-corrected chi connectivity index (χ1v) is 16.8. The molecule has 13 nitrogen and oxygen atoms in total. The lowest BCUT2D eigenvalue weighted by Gasteiger charge is -2.27. The van der Waals surface area contributed by atoms with E-state index in [0.717, 1.165) is 0 Å². The number of para-hydroxylation sites is 2. The van der Waals surface area contributed by atoms with Crippen molar-refractivity contribution in [2.24, 2.45) is 0 Å². The van der Waals surface area contributed by atoms with E-state index in [1.54, 1.807) is 82.3 Å². The number of amides is 3. The van der Waals surface area contributed by atoms with Gasteiger partial charge in [0.25, 0.3) is 5.91 Å². The number of esters is 2. The molecule has 0 saturated heterocycles. The first kappa shape index (κ1) is 38.5. The van der Waals surface area contributed by atoms with Gasteiger partial charge < -0.3 is 34.1 Å². The molecule has 3 amide bonds. The maximum absolute atomic E-state index is 14.6. The number of hydrogen-bond donors (Lipinski definition) is 2. The van der Waals surface area contributed by atoms with Crippen LogP contribution in [0.2, 0.25) is 0 Å². The molecule has 2 atom stereocenters. The second kappa shape index (κ2) is 16.6. The second-order valence-electron chi connectivity index (χ2n) is 13.4. The van der Waals surface area contributed by atoms with Gasteiger partial charge in [-0.1, -0.05) is 24.3 Å². The fourth-order valence-corrected chi connectivity index (χ4v) is 5.85. The lowest BCUT2D eigenvalue weighted by Crippen LogP contribution is -2.56. The number of methoxy groups -OCH3 is 2. The predicted molar refractivity (Wildman–Crippen MR) is 192 cm³/mol. The number of ketones is 1. The minimum absolute atomic E-state index is 0.0148. The van der Waals surface area contributed by atoms with E-state index in [1.165, 1.54) is 30.9 Å². The fraction of sp³-hybridized carbons (Fsp3) is 0.421. The molecule has 0 radical (unpaired) electrons. The Kier molecular flexibility index (Phi) is 12.5. The topological polar surface area (TPSA) is 161 Å². The number of carbonyl (C=O) groups excluding carboxylic acids is 6. The van der Waals surface area contributed by atoms with Crippen LogP contribution >= 0.6 is 0 Å². The zero-order valence-corrected chi connectivity index (χ0v) is 30.2. The van der Waals surface area contributed by atoms with Crippen LogP contribution in [0.5, 0.6) is 5.75 Å². The SMILES string of the molecule is COC(=O)c1ccc2c(CN3C(=O)C(NC(=O)C(C)NCC(=O)OC(C)(C)C)CN(C(=O)CCCC(C)=O)c4ccccc43)c(OC)ccc2c1. The Morgan fingerprint density at radius 3 is 2.31 bits per heavy atom. The van der Waals surface area contributed by atoms with Crippen LogP contribution in [-0.2, 0) is 40.0 Å². The Hall–Kier alpha value is -5.30. The lowest BCUT2D eigenvalue weighted by atomic mass is 10.00. The third-order valence-electron chi connectivity index (χ3n) is 8.34. The highest BCUT2D eigenvalue weighted by Gasteiger charge is 2.38. The monoisotopic (exact) mass is 702 g/mol. The van der Waals surface area contributed by atoms with Crippen LogP contribution in [-0.4, -0.2) is 80.4 Å². The van der Waals surface area contributed by atoms with E-state index in [1.807, 2.05) is 0 Å². The van der Waals surface area contributed by atoms with Gasteiger partial charge >= 0.3 is 11.9 Å². The van der Waals surface area contributed by atoms with E-state index >= 15 is 0 Å². The van der Waals surface area contributed by atoms with Crippen molar-refractivity contribution in [3.05, 3.63) is 65.7 Å². The minimum Gasteiger partial charge on any atom is -0.496 e. The van der Waals surface area contributed by atoms with Gasteiger partial charge in [0, 0.05) is 18.4 Å². The number of carbonyl (C=O) groups is 6. The summed E-state index contributed by atoms with van der Waals surface area (Å²) in [6, 6.07) is 13.5. The van der Waals surface area contributed by atoms with Crippen molar-refractivity contribution in [1.29, 1.82) is 0 Å². The Bertz CT molecular complexity index is 1820. The average molecular weight is 703 g/mol. The van der Waals surface area contributed by atoms with Crippen molar-refractivity contribution in [3.8, 4) is 5.75 Å². The molecular formula is C38H46N4O9. The number of anilines is 2. The summed E-state index contributed by atoms with van der Waals surface area (Å²) in [5.74, 6) is -1.95. The summed E-state index contributed by atoms with van der Waals surface area (Å²) in [4.78, 5) is 81.1. The summed E-state index contributed by atoms with van der Waals surface area (Å²) >= 11 is 0. The zero-order chi connectivity index (χ0) is 37.5. The molecule has 4 rings (SSSR count). The number of ether oxygens (including phenoxy) is 3. The minimum atomic E-state index is -1.20. The molecule has 0 spiro atoms. The molecule has 13 heteroatoms. The number of Topliss-reactive ketones (excluding diaryl/α,β-unsaturated/α-hetero) is 1. The first-order chi connectivity index (χ1) is 24.1. The van der Waals surface area contributed by atoms with E-state index in [4.69, 9.17) is 14.2 Å². The summed E-state index contributed by atoms with van der Waals surface area (Å²) < 4.78 is 16.0. The van der Waals surface area contributed by atoms with Gasteiger partial charge in [-0.2, -0.15) is 0 Å².